The van der Waals surface area contributed by atoms with Crippen molar-refractivity contribution in [1.82, 2.24) is 10.2 Å². The number of aromatic nitrogens is 2. The van der Waals surface area contributed by atoms with E-state index in [2.05, 4.69) is 14.9 Å². The van der Waals surface area contributed by atoms with E-state index in [1.165, 1.54) is 0 Å². The molecule has 0 aliphatic carbocycles. The van der Waals surface area contributed by atoms with E-state index in [0.29, 0.717) is 5.01 Å². The van der Waals surface area contributed by atoms with Crippen molar-refractivity contribution in [2.24, 2.45) is 0 Å². The Balaban J connectivity index is 2.43. The van der Waals surface area contributed by atoms with Gasteiger partial charge in [-0.05, 0) is 13.0 Å². The van der Waals surface area contributed by atoms with Crippen molar-refractivity contribution in [3.05, 3.63) is 33.3 Å². The van der Waals surface area contributed by atoms with Gasteiger partial charge < -0.3 is 5.73 Å². The molecule has 2 aromatic rings. The second-order valence-corrected chi connectivity index (χ2v) is 6.54. The first-order valence-electron chi connectivity index (χ1n) is 5.16. The standard InChI is InChI=1S/C9H9N5O4S2/c1-5-11-12-9(19-5)13-20(17,18)8-4-6(14(15)16)2-3-7(8)10/h2-4H,10H2,1H3,(H,12,13). The highest BCUT2D eigenvalue weighted by molar-refractivity contribution is 7.93. The smallest absolute Gasteiger partial charge is 0.270 e. The fourth-order valence-electron chi connectivity index (χ4n) is 1.38. The molecule has 0 spiro atoms. The van der Waals surface area contributed by atoms with Crippen molar-refractivity contribution < 1.29 is 13.3 Å². The number of nitro benzene ring substituents is 1. The van der Waals surface area contributed by atoms with Crippen LogP contribution < -0.4 is 10.5 Å². The number of aryl methyl sites for hydroxylation is 1. The molecule has 0 aliphatic rings. The van der Waals surface area contributed by atoms with Crippen LogP contribution in [0.5, 0.6) is 0 Å². The first kappa shape index (κ1) is 14.1. The minimum absolute atomic E-state index is 0.0633. The molecule has 1 heterocycles. The summed E-state index contributed by atoms with van der Waals surface area (Å²) in [5.74, 6) is 0. The summed E-state index contributed by atoms with van der Waals surface area (Å²) < 4.78 is 26.4. The van der Waals surface area contributed by atoms with Crippen LogP contribution in [0, 0.1) is 17.0 Å². The summed E-state index contributed by atoms with van der Waals surface area (Å²) in [5, 5.41) is 18.6. The van der Waals surface area contributed by atoms with Gasteiger partial charge in [-0.1, -0.05) is 11.3 Å². The Hall–Kier alpha value is -2.27. The molecule has 0 unspecified atom stereocenters. The lowest BCUT2D eigenvalue weighted by atomic mass is 10.3. The van der Waals surface area contributed by atoms with Gasteiger partial charge in [-0.3, -0.25) is 14.8 Å². The average Bonchev–Trinajstić information content (AvgIpc) is 2.73. The first-order valence-corrected chi connectivity index (χ1v) is 7.46. The highest BCUT2D eigenvalue weighted by atomic mass is 32.2. The number of nitrogens with zero attached hydrogens (tertiary/aromatic N) is 3. The highest BCUT2D eigenvalue weighted by Gasteiger charge is 2.22. The van der Waals surface area contributed by atoms with Crippen molar-refractivity contribution in [2.45, 2.75) is 11.8 Å². The Morgan fingerprint density at radius 2 is 2.10 bits per heavy atom. The van der Waals surface area contributed by atoms with Crippen molar-refractivity contribution in [1.29, 1.82) is 0 Å². The molecule has 0 bridgehead atoms. The lowest BCUT2D eigenvalue weighted by molar-refractivity contribution is -0.385. The van der Waals surface area contributed by atoms with Gasteiger partial charge in [0.05, 0.1) is 10.6 Å². The SMILES string of the molecule is Cc1nnc(NS(=O)(=O)c2cc([N+](=O)[O-])ccc2N)s1. The molecule has 2 rings (SSSR count). The Kier molecular flexibility index (Phi) is 3.55. The fourth-order valence-corrected chi connectivity index (χ4v) is 3.35. The molecule has 9 nitrogen and oxygen atoms in total. The van der Waals surface area contributed by atoms with Gasteiger partial charge in [0.2, 0.25) is 5.13 Å². The van der Waals surface area contributed by atoms with Crippen LogP contribution in [0.1, 0.15) is 5.01 Å². The van der Waals surface area contributed by atoms with Crippen molar-refractivity contribution in [3.63, 3.8) is 0 Å². The van der Waals surface area contributed by atoms with Gasteiger partial charge >= 0.3 is 0 Å². The summed E-state index contributed by atoms with van der Waals surface area (Å²) >= 11 is 1.04. The molecule has 1 aromatic heterocycles. The van der Waals surface area contributed by atoms with Gasteiger partial charge in [0.1, 0.15) is 9.90 Å². The Bertz CT molecular complexity index is 770. The van der Waals surface area contributed by atoms with Gasteiger partial charge in [-0.25, -0.2) is 8.42 Å². The predicted molar refractivity (Wildman–Crippen MR) is 73.0 cm³/mol. The third kappa shape index (κ3) is 2.83. The Morgan fingerprint density at radius 1 is 1.40 bits per heavy atom. The molecular weight excluding hydrogens is 306 g/mol. The van der Waals surface area contributed by atoms with Crippen LogP contribution in [-0.4, -0.2) is 23.5 Å². The average molecular weight is 315 g/mol. The fraction of sp³-hybridized carbons (Fsp3) is 0.111. The number of hydrogen-bond acceptors (Lipinski definition) is 8. The molecule has 0 amide bonds. The second-order valence-electron chi connectivity index (χ2n) is 3.71. The molecule has 11 heteroatoms. The Morgan fingerprint density at radius 3 is 2.65 bits per heavy atom. The quantitative estimate of drug-likeness (QED) is 0.489. The summed E-state index contributed by atoms with van der Waals surface area (Å²) in [6, 6.07) is 3.19. The molecule has 0 radical (unpaired) electrons. The van der Waals surface area contributed by atoms with Crippen LogP contribution in [0.4, 0.5) is 16.5 Å². The van der Waals surface area contributed by atoms with E-state index in [1.54, 1.807) is 6.92 Å². The van der Waals surface area contributed by atoms with Gasteiger partial charge in [-0.2, -0.15) is 0 Å². The number of nitrogens with two attached hydrogens (primary N) is 1. The van der Waals surface area contributed by atoms with Crippen LogP contribution in [0.3, 0.4) is 0 Å². The van der Waals surface area contributed by atoms with Crippen molar-refractivity contribution >= 4 is 37.9 Å². The van der Waals surface area contributed by atoms with Gasteiger partial charge in [-0.15, -0.1) is 10.2 Å². The Labute approximate surface area is 117 Å². The van der Waals surface area contributed by atoms with Crippen molar-refractivity contribution in [2.75, 3.05) is 10.5 Å². The number of hydrogen-bond donors (Lipinski definition) is 2. The van der Waals surface area contributed by atoms with E-state index < -0.39 is 14.9 Å². The zero-order chi connectivity index (χ0) is 14.9. The lowest BCUT2D eigenvalue weighted by Crippen LogP contribution is -2.15. The van der Waals surface area contributed by atoms with E-state index in [-0.39, 0.29) is 21.4 Å². The molecule has 0 saturated heterocycles. The van der Waals surface area contributed by atoms with Gasteiger partial charge in [0.25, 0.3) is 15.7 Å². The highest BCUT2D eigenvalue weighted by Crippen LogP contribution is 2.26. The summed E-state index contributed by atoms with van der Waals surface area (Å²) in [4.78, 5) is 9.61. The molecule has 0 saturated carbocycles. The molecule has 106 valence electrons. The molecule has 20 heavy (non-hydrogen) atoms. The molecule has 0 aliphatic heterocycles. The monoisotopic (exact) mass is 315 g/mol. The number of sulfonamides is 1. The zero-order valence-corrected chi connectivity index (χ0v) is 11.7. The van der Waals surface area contributed by atoms with Gasteiger partial charge in [0.15, 0.2) is 0 Å². The number of nitrogens with one attached hydrogen (secondary N) is 1. The topological polar surface area (TPSA) is 141 Å². The first-order chi connectivity index (χ1) is 9.29. The number of anilines is 2. The lowest BCUT2D eigenvalue weighted by Gasteiger charge is -2.07. The summed E-state index contributed by atoms with van der Waals surface area (Å²) in [7, 11) is -4.06. The minimum atomic E-state index is -4.06. The summed E-state index contributed by atoms with van der Waals surface area (Å²) in [6.07, 6.45) is 0. The third-order valence-corrected chi connectivity index (χ3v) is 4.52. The maximum atomic E-state index is 12.1. The molecule has 1 aromatic carbocycles. The van der Waals surface area contributed by atoms with Gasteiger partial charge in [0, 0.05) is 12.1 Å². The van der Waals surface area contributed by atoms with Crippen LogP contribution in [-0.2, 0) is 10.0 Å². The van der Waals surface area contributed by atoms with E-state index in [9.17, 15) is 18.5 Å². The van der Waals surface area contributed by atoms with Crippen LogP contribution in [0.15, 0.2) is 23.1 Å². The van der Waals surface area contributed by atoms with Crippen LogP contribution >= 0.6 is 11.3 Å². The number of rotatable bonds is 4. The number of nitro groups is 1. The minimum Gasteiger partial charge on any atom is -0.398 e. The number of benzene rings is 1. The number of nitrogen functional groups attached to an aromatic ring is 1. The maximum absolute atomic E-state index is 12.1. The largest absolute Gasteiger partial charge is 0.398 e. The van der Waals surface area contributed by atoms with E-state index in [4.69, 9.17) is 5.73 Å². The summed E-state index contributed by atoms with van der Waals surface area (Å²) in [6.45, 7) is 1.66. The van der Waals surface area contributed by atoms with Crippen molar-refractivity contribution in [3.8, 4) is 0 Å². The van der Waals surface area contributed by atoms with E-state index in [1.807, 2.05) is 0 Å². The summed E-state index contributed by atoms with van der Waals surface area (Å²) in [5.41, 5.74) is 5.10. The molecule has 0 fully saturated rings. The predicted octanol–water partition coefficient (Wildman–Crippen LogP) is 1.14. The van der Waals surface area contributed by atoms with Crippen LogP contribution in [0.25, 0.3) is 0 Å². The second kappa shape index (κ2) is 5.02. The zero-order valence-electron chi connectivity index (χ0n) is 10.1. The number of non-ortho nitro benzene ring substituents is 1. The van der Waals surface area contributed by atoms with Crippen LogP contribution in [0.2, 0.25) is 0 Å². The molecule has 3 N–H and O–H groups in total. The normalized spacial score (nSPS) is 11.2. The third-order valence-electron chi connectivity index (χ3n) is 2.25. The van der Waals surface area contributed by atoms with E-state index in [0.717, 1.165) is 29.5 Å². The maximum Gasteiger partial charge on any atom is 0.270 e. The van der Waals surface area contributed by atoms with E-state index >= 15 is 0 Å². The molecule has 0 atom stereocenters. The molecular formula is C9H9N5O4S2.